The highest BCUT2D eigenvalue weighted by molar-refractivity contribution is 5.75. The van der Waals surface area contributed by atoms with Crippen LogP contribution in [0.5, 0.6) is 0 Å². The third-order valence-electron chi connectivity index (χ3n) is 2.53. The minimum atomic E-state index is 0.130. The molecule has 4 nitrogen and oxygen atoms in total. The second-order valence-electron chi connectivity index (χ2n) is 3.79. The van der Waals surface area contributed by atoms with E-state index in [1.807, 2.05) is 0 Å². The second kappa shape index (κ2) is 7.43. The van der Waals surface area contributed by atoms with Crippen LogP contribution in [0.3, 0.4) is 0 Å². The summed E-state index contributed by atoms with van der Waals surface area (Å²) < 4.78 is 0. The highest BCUT2D eigenvalue weighted by Gasteiger charge is 2.09. The Morgan fingerprint density at radius 2 is 2.20 bits per heavy atom. The summed E-state index contributed by atoms with van der Waals surface area (Å²) in [5, 5.41) is 6.09. The summed E-state index contributed by atoms with van der Waals surface area (Å²) in [4.78, 5) is 13.7. The van der Waals surface area contributed by atoms with Crippen molar-refractivity contribution in [3.8, 4) is 0 Å². The van der Waals surface area contributed by atoms with Gasteiger partial charge in [-0.05, 0) is 13.0 Å². The number of hydrogen-bond donors (Lipinski definition) is 2. The lowest BCUT2D eigenvalue weighted by atomic mass is 10.2. The molecule has 0 aliphatic carbocycles. The van der Waals surface area contributed by atoms with Crippen molar-refractivity contribution in [1.82, 2.24) is 15.5 Å². The molecule has 1 rings (SSSR count). The Morgan fingerprint density at radius 1 is 1.47 bits per heavy atom. The average molecular weight is 211 g/mol. The van der Waals surface area contributed by atoms with Gasteiger partial charge in [0, 0.05) is 39.1 Å². The van der Waals surface area contributed by atoms with Gasteiger partial charge < -0.3 is 15.5 Å². The highest BCUT2D eigenvalue weighted by Crippen LogP contribution is 1.97. The van der Waals surface area contributed by atoms with E-state index in [2.05, 4.69) is 22.1 Å². The number of amides is 1. The van der Waals surface area contributed by atoms with Crippen LogP contribution in [-0.4, -0.2) is 50.1 Å². The van der Waals surface area contributed by atoms with E-state index in [1.54, 1.807) is 6.08 Å². The van der Waals surface area contributed by atoms with Crippen LogP contribution in [0.25, 0.3) is 0 Å². The summed E-state index contributed by atoms with van der Waals surface area (Å²) in [6.07, 6.45) is 3.27. The fraction of sp³-hybridized carbons (Fsp3) is 0.727. The van der Waals surface area contributed by atoms with Gasteiger partial charge in [-0.15, -0.1) is 6.58 Å². The van der Waals surface area contributed by atoms with E-state index >= 15 is 0 Å². The van der Waals surface area contributed by atoms with Gasteiger partial charge in [0.05, 0.1) is 0 Å². The molecule has 86 valence electrons. The monoisotopic (exact) mass is 211 g/mol. The molecule has 0 saturated carbocycles. The van der Waals surface area contributed by atoms with Crippen molar-refractivity contribution in [2.75, 3.05) is 39.3 Å². The van der Waals surface area contributed by atoms with Gasteiger partial charge in [0.1, 0.15) is 0 Å². The summed E-state index contributed by atoms with van der Waals surface area (Å²) in [5.41, 5.74) is 0. The molecule has 2 N–H and O–H groups in total. The van der Waals surface area contributed by atoms with E-state index in [4.69, 9.17) is 0 Å². The standard InChI is InChI=1S/C11H21N3O/c1-2-5-13-11(15)4-3-8-14-9-6-12-7-10-14/h2,12H,1,3-10H2,(H,13,15). The van der Waals surface area contributed by atoms with Crippen LogP contribution in [0, 0.1) is 0 Å². The van der Waals surface area contributed by atoms with E-state index in [0.717, 1.165) is 39.1 Å². The van der Waals surface area contributed by atoms with Gasteiger partial charge in [-0.1, -0.05) is 6.08 Å². The predicted molar refractivity (Wildman–Crippen MR) is 61.8 cm³/mol. The normalized spacial score (nSPS) is 17.3. The van der Waals surface area contributed by atoms with Gasteiger partial charge >= 0.3 is 0 Å². The summed E-state index contributed by atoms with van der Waals surface area (Å²) in [7, 11) is 0. The SMILES string of the molecule is C=CCNC(=O)CCCN1CCNCC1. The summed E-state index contributed by atoms with van der Waals surface area (Å²) in [5.74, 6) is 0.130. The molecule has 1 saturated heterocycles. The molecule has 0 unspecified atom stereocenters. The zero-order valence-corrected chi connectivity index (χ0v) is 9.30. The minimum absolute atomic E-state index is 0.130. The van der Waals surface area contributed by atoms with Crippen LogP contribution in [0.2, 0.25) is 0 Å². The number of hydrogen-bond acceptors (Lipinski definition) is 3. The number of piperazine rings is 1. The quantitative estimate of drug-likeness (QED) is 0.607. The summed E-state index contributed by atoms with van der Waals surface area (Å²) in [6, 6.07) is 0. The number of nitrogens with one attached hydrogen (secondary N) is 2. The zero-order valence-electron chi connectivity index (χ0n) is 9.30. The van der Waals surface area contributed by atoms with Gasteiger partial charge in [-0.25, -0.2) is 0 Å². The maximum atomic E-state index is 11.3. The molecule has 0 aromatic heterocycles. The van der Waals surface area contributed by atoms with Crippen molar-refractivity contribution in [1.29, 1.82) is 0 Å². The molecule has 0 atom stereocenters. The third-order valence-corrected chi connectivity index (χ3v) is 2.53. The maximum absolute atomic E-state index is 11.3. The number of nitrogens with zero attached hydrogens (tertiary/aromatic N) is 1. The van der Waals surface area contributed by atoms with Crippen molar-refractivity contribution >= 4 is 5.91 Å². The van der Waals surface area contributed by atoms with E-state index in [9.17, 15) is 4.79 Å². The van der Waals surface area contributed by atoms with Crippen LogP contribution >= 0.6 is 0 Å². The third kappa shape index (κ3) is 5.54. The van der Waals surface area contributed by atoms with Crippen LogP contribution in [0.1, 0.15) is 12.8 Å². The minimum Gasteiger partial charge on any atom is -0.353 e. The molecule has 1 aliphatic rings. The molecule has 1 heterocycles. The van der Waals surface area contributed by atoms with Gasteiger partial charge in [-0.2, -0.15) is 0 Å². The lowest BCUT2D eigenvalue weighted by Crippen LogP contribution is -2.43. The van der Waals surface area contributed by atoms with E-state index < -0.39 is 0 Å². The Balaban J connectivity index is 1.99. The van der Waals surface area contributed by atoms with Gasteiger partial charge in [0.2, 0.25) is 5.91 Å². The Hall–Kier alpha value is -0.870. The summed E-state index contributed by atoms with van der Waals surface area (Å²) >= 11 is 0. The first-order valence-corrected chi connectivity index (χ1v) is 5.63. The molecule has 1 amide bonds. The first-order chi connectivity index (χ1) is 7.33. The van der Waals surface area contributed by atoms with Crippen molar-refractivity contribution in [2.24, 2.45) is 0 Å². The predicted octanol–water partition coefficient (Wildman–Crippen LogP) is -0.0260. The zero-order chi connectivity index (χ0) is 10.9. The number of carbonyl (C=O) groups excluding carboxylic acids is 1. The molecule has 15 heavy (non-hydrogen) atoms. The fourth-order valence-electron chi connectivity index (χ4n) is 1.67. The van der Waals surface area contributed by atoms with Gasteiger partial charge in [0.15, 0.2) is 0 Å². The van der Waals surface area contributed by atoms with Crippen LogP contribution in [0.15, 0.2) is 12.7 Å². The molecular weight excluding hydrogens is 190 g/mol. The van der Waals surface area contributed by atoms with Crippen molar-refractivity contribution < 1.29 is 4.79 Å². The van der Waals surface area contributed by atoms with Crippen molar-refractivity contribution in [3.63, 3.8) is 0 Å². The summed E-state index contributed by atoms with van der Waals surface area (Å²) in [6.45, 7) is 9.52. The topological polar surface area (TPSA) is 44.4 Å². The molecule has 0 aromatic rings. The van der Waals surface area contributed by atoms with E-state index in [-0.39, 0.29) is 5.91 Å². The Kier molecular flexibility index (Phi) is 6.04. The Bertz CT molecular complexity index is 200. The number of rotatable bonds is 6. The first-order valence-electron chi connectivity index (χ1n) is 5.63. The van der Waals surface area contributed by atoms with E-state index in [1.165, 1.54) is 0 Å². The lowest BCUT2D eigenvalue weighted by Gasteiger charge is -2.26. The molecule has 0 aromatic carbocycles. The fourth-order valence-corrected chi connectivity index (χ4v) is 1.67. The van der Waals surface area contributed by atoms with Crippen molar-refractivity contribution in [2.45, 2.75) is 12.8 Å². The smallest absolute Gasteiger partial charge is 0.220 e. The molecule has 0 radical (unpaired) electrons. The largest absolute Gasteiger partial charge is 0.353 e. The Morgan fingerprint density at radius 3 is 2.87 bits per heavy atom. The van der Waals surface area contributed by atoms with Gasteiger partial charge in [-0.3, -0.25) is 4.79 Å². The number of carbonyl (C=O) groups is 1. The highest BCUT2D eigenvalue weighted by atomic mass is 16.1. The van der Waals surface area contributed by atoms with Crippen LogP contribution < -0.4 is 10.6 Å². The van der Waals surface area contributed by atoms with Crippen LogP contribution in [0.4, 0.5) is 0 Å². The molecule has 0 bridgehead atoms. The second-order valence-corrected chi connectivity index (χ2v) is 3.79. The first kappa shape index (κ1) is 12.2. The van der Waals surface area contributed by atoms with Crippen molar-refractivity contribution in [3.05, 3.63) is 12.7 Å². The molecule has 1 fully saturated rings. The molecule has 0 spiro atoms. The van der Waals surface area contributed by atoms with Gasteiger partial charge in [0.25, 0.3) is 0 Å². The molecule has 4 heteroatoms. The lowest BCUT2D eigenvalue weighted by molar-refractivity contribution is -0.121. The Labute approximate surface area is 91.7 Å². The molecular formula is C11H21N3O. The van der Waals surface area contributed by atoms with Crippen LogP contribution in [-0.2, 0) is 4.79 Å². The molecule has 1 aliphatic heterocycles. The maximum Gasteiger partial charge on any atom is 0.220 e. The van der Waals surface area contributed by atoms with E-state index in [0.29, 0.717) is 13.0 Å². The average Bonchev–Trinajstić information content (AvgIpc) is 2.28.